The van der Waals surface area contributed by atoms with Gasteiger partial charge < -0.3 is 19.5 Å². The number of nitrogens with one attached hydrogen (secondary N) is 1. The van der Waals surface area contributed by atoms with Crippen LogP contribution in [0.2, 0.25) is 5.02 Å². The molecule has 6 nitrogen and oxygen atoms in total. The standard InChI is InChI=1S/C28H28ClNO5/c1-4-15(2)35-28(32)25-16(3)30-21-11-19(17-5-8-20(29)9-6-17)12-22(31)27(21)26(25)18-7-10-23-24(13-18)34-14-33-23/h5-10,13,15,19,26,30H,4,11-12,14H2,1-3H3/t15-,19+,26-/m1/s1. The molecule has 35 heavy (non-hydrogen) atoms. The summed E-state index contributed by atoms with van der Waals surface area (Å²) >= 11 is 6.07. The van der Waals surface area contributed by atoms with Gasteiger partial charge in [-0.05, 0) is 68.0 Å². The van der Waals surface area contributed by atoms with Crippen LogP contribution in [0, 0.1) is 0 Å². The minimum Gasteiger partial charge on any atom is -0.459 e. The number of ether oxygens (including phenoxy) is 3. The van der Waals surface area contributed by atoms with E-state index in [4.69, 9.17) is 25.8 Å². The van der Waals surface area contributed by atoms with Crippen LogP contribution in [-0.4, -0.2) is 24.6 Å². The van der Waals surface area contributed by atoms with Crippen molar-refractivity contribution in [3.05, 3.63) is 81.2 Å². The van der Waals surface area contributed by atoms with Gasteiger partial charge in [0.1, 0.15) is 0 Å². The second-order valence-electron chi connectivity index (χ2n) is 9.31. The number of hydrogen-bond acceptors (Lipinski definition) is 6. The van der Waals surface area contributed by atoms with E-state index >= 15 is 0 Å². The molecule has 0 fully saturated rings. The summed E-state index contributed by atoms with van der Waals surface area (Å²) in [5.74, 6) is 0.353. The monoisotopic (exact) mass is 493 g/mol. The molecule has 0 aromatic heterocycles. The SMILES string of the molecule is CC[C@@H](C)OC(=O)C1=C(C)NC2=C(C(=O)C[C@@H](c3ccc(Cl)cc3)C2)[C@@H]1c1ccc2c(c1)OCO2. The lowest BCUT2D eigenvalue weighted by atomic mass is 9.71. The molecule has 0 spiro atoms. The third kappa shape index (κ3) is 4.43. The zero-order valence-electron chi connectivity index (χ0n) is 20.0. The third-order valence-electron chi connectivity index (χ3n) is 7.00. The average Bonchev–Trinajstić information content (AvgIpc) is 3.31. The van der Waals surface area contributed by atoms with E-state index in [0.29, 0.717) is 52.6 Å². The molecule has 2 heterocycles. The molecular formula is C28H28ClNO5. The third-order valence-corrected chi connectivity index (χ3v) is 7.25. The first-order chi connectivity index (χ1) is 16.9. The van der Waals surface area contributed by atoms with Crippen LogP contribution < -0.4 is 14.8 Å². The van der Waals surface area contributed by atoms with Gasteiger partial charge in [0.15, 0.2) is 17.3 Å². The van der Waals surface area contributed by atoms with Gasteiger partial charge in [0.05, 0.1) is 11.7 Å². The van der Waals surface area contributed by atoms with Gasteiger partial charge in [-0.2, -0.15) is 0 Å². The Morgan fingerprint density at radius 3 is 2.57 bits per heavy atom. The van der Waals surface area contributed by atoms with Crippen molar-refractivity contribution in [1.82, 2.24) is 5.32 Å². The summed E-state index contributed by atoms with van der Waals surface area (Å²) in [6, 6.07) is 13.2. The smallest absolute Gasteiger partial charge is 0.337 e. The Bertz CT molecular complexity index is 1250. The van der Waals surface area contributed by atoms with Crippen LogP contribution in [0.4, 0.5) is 0 Å². The Morgan fingerprint density at radius 1 is 1.11 bits per heavy atom. The fraction of sp³-hybridized carbons (Fsp3) is 0.357. The van der Waals surface area contributed by atoms with Crippen LogP contribution in [0.3, 0.4) is 0 Å². The van der Waals surface area contributed by atoms with Crippen molar-refractivity contribution in [3.8, 4) is 11.5 Å². The molecule has 0 bridgehead atoms. The number of dihydropyridines is 1. The number of benzene rings is 2. The molecule has 0 radical (unpaired) electrons. The summed E-state index contributed by atoms with van der Waals surface area (Å²) in [6.07, 6.45) is 1.49. The van der Waals surface area contributed by atoms with Crippen molar-refractivity contribution in [3.63, 3.8) is 0 Å². The lowest BCUT2D eigenvalue weighted by Gasteiger charge is -2.37. The summed E-state index contributed by atoms with van der Waals surface area (Å²) in [6.45, 7) is 5.86. The zero-order valence-corrected chi connectivity index (χ0v) is 20.8. The van der Waals surface area contributed by atoms with Gasteiger partial charge in [-0.25, -0.2) is 4.79 Å². The second kappa shape index (κ2) is 9.42. The topological polar surface area (TPSA) is 73.9 Å². The fourth-order valence-electron chi connectivity index (χ4n) is 5.04. The quantitative estimate of drug-likeness (QED) is 0.533. The Morgan fingerprint density at radius 2 is 1.83 bits per heavy atom. The molecule has 2 aliphatic heterocycles. The van der Waals surface area contributed by atoms with E-state index in [-0.39, 0.29) is 24.6 Å². The van der Waals surface area contributed by atoms with Crippen LogP contribution in [-0.2, 0) is 14.3 Å². The Labute approximate surface area is 209 Å². The first kappa shape index (κ1) is 23.5. The molecule has 2 aromatic rings. The van der Waals surface area contributed by atoms with E-state index in [9.17, 15) is 9.59 Å². The number of halogens is 1. The van der Waals surface area contributed by atoms with Crippen molar-refractivity contribution in [1.29, 1.82) is 0 Å². The van der Waals surface area contributed by atoms with Gasteiger partial charge in [-0.3, -0.25) is 4.79 Å². The van der Waals surface area contributed by atoms with Gasteiger partial charge in [0.25, 0.3) is 0 Å². The summed E-state index contributed by atoms with van der Waals surface area (Å²) < 4.78 is 16.8. The number of carbonyl (C=O) groups excluding carboxylic acids is 2. The average molecular weight is 494 g/mol. The molecule has 3 aliphatic rings. The molecular weight excluding hydrogens is 466 g/mol. The number of fused-ring (bicyclic) bond motifs is 1. The molecule has 0 saturated carbocycles. The van der Waals surface area contributed by atoms with Crippen LogP contribution in [0.15, 0.2) is 65.0 Å². The first-order valence-electron chi connectivity index (χ1n) is 12.0. The lowest BCUT2D eigenvalue weighted by Crippen LogP contribution is -2.36. The highest BCUT2D eigenvalue weighted by molar-refractivity contribution is 6.30. The van der Waals surface area contributed by atoms with Gasteiger partial charge in [-0.1, -0.05) is 36.7 Å². The van der Waals surface area contributed by atoms with Gasteiger partial charge in [0.2, 0.25) is 6.79 Å². The molecule has 3 atom stereocenters. The predicted octanol–water partition coefficient (Wildman–Crippen LogP) is 5.77. The maximum absolute atomic E-state index is 13.7. The van der Waals surface area contributed by atoms with Crippen LogP contribution in [0.1, 0.15) is 63.0 Å². The molecule has 0 saturated heterocycles. The van der Waals surface area contributed by atoms with Crippen molar-refractivity contribution >= 4 is 23.4 Å². The number of ketones is 1. The number of Topliss-reactive ketones (excluding diaryl/α,β-unsaturated/α-hetero) is 1. The normalized spacial score (nSPS) is 22.0. The number of carbonyl (C=O) groups is 2. The summed E-state index contributed by atoms with van der Waals surface area (Å²) in [5.41, 5.74) is 4.50. The molecule has 0 amide bonds. The minimum atomic E-state index is -0.545. The van der Waals surface area contributed by atoms with Crippen molar-refractivity contribution in [2.45, 2.75) is 58.0 Å². The van der Waals surface area contributed by atoms with Crippen LogP contribution in [0.25, 0.3) is 0 Å². The summed E-state index contributed by atoms with van der Waals surface area (Å²) in [5, 5.41) is 4.05. The van der Waals surface area contributed by atoms with Gasteiger partial charge in [0, 0.05) is 34.3 Å². The Hall–Kier alpha value is -3.25. The van der Waals surface area contributed by atoms with Crippen LogP contribution >= 0.6 is 11.6 Å². The van der Waals surface area contributed by atoms with Crippen molar-refractivity contribution < 1.29 is 23.8 Å². The molecule has 0 unspecified atom stereocenters. The summed E-state index contributed by atoms with van der Waals surface area (Å²) in [4.78, 5) is 27.1. The van der Waals surface area contributed by atoms with Crippen molar-refractivity contribution in [2.24, 2.45) is 0 Å². The lowest BCUT2D eigenvalue weighted by molar-refractivity contribution is -0.144. The van der Waals surface area contributed by atoms with Gasteiger partial charge in [-0.15, -0.1) is 0 Å². The summed E-state index contributed by atoms with van der Waals surface area (Å²) in [7, 11) is 0. The molecule has 1 aliphatic carbocycles. The highest BCUT2D eigenvalue weighted by Gasteiger charge is 2.42. The number of rotatable bonds is 5. The van der Waals surface area contributed by atoms with Crippen LogP contribution in [0.5, 0.6) is 11.5 Å². The number of hydrogen-bond donors (Lipinski definition) is 1. The molecule has 2 aromatic carbocycles. The number of esters is 1. The molecule has 5 rings (SSSR count). The highest BCUT2D eigenvalue weighted by atomic mass is 35.5. The van der Waals surface area contributed by atoms with E-state index in [1.165, 1.54) is 0 Å². The number of allylic oxidation sites excluding steroid dienone is 3. The van der Waals surface area contributed by atoms with E-state index in [0.717, 1.165) is 16.8 Å². The fourth-order valence-corrected chi connectivity index (χ4v) is 5.16. The molecule has 182 valence electrons. The van der Waals surface area contributed by atoms with E-state index < -0.39 is 11.9 Å². The molecule has 7 heteroatoms. The highest BCUT2D eigenvalue weighted by Crippen LogP contribution is 2.47. The van der Waals surface area contributed by atoms with E-state index in [2.05, 4.69) is 5.32 Å². The Balaban J connectivity index is 1.58. The molecule has 1 N–H and O–H groups in total. The minimum absolute atomic E-state index is 0.0164. The van der Waals surface area contributed by atoms with E-state index in [1.807, 2.05) is 63.2 Å². The predicted molar refractivity (Wildman–Crippen MR) is 132 cm³/mol. The second-order valence-corrected chi connectivity index (χ2v) is 9.74. The first-order valence-corrected chi connectivity index (χ1v) is 12.3. The maximum atomic E-state index is 13.7. The zero-order chi connectivity index (χ0) is 24.7. The van der Waals surface area contributed by atoms with Crippen molar-refractivity contribution in [2.75, 3.05) is 6.79 Å². The maximum Gasteiger partial charge on any atom is 0.337 e. The Kier molecular flexibility index (Phi) is 6.32. The van der Waals surface area contributed by atoms with Gasteiger partial charge >= 0.3 is 5.97 Å². The largest absolute Gasteiger partial charge is 0.459 e. The van der Waals surface area contributed by atoms with E-state index in [1.54, 1.807) is 0 Å².